The molecule has 0 spiro atoms. The highest BCUT2D eigenvalue weighted by molar-refractivity contribution is 6.06. The lowest BCUT2D eigenvalue weighted by molar-refractivity contribution is 0.102. The number of benzene rings is 2. The first-order chi connectivity index (χ1) is 16.4. The van der Waals surface area contributed by atoms with Crippen LogP contribution in [0.25, 0.3) is 0 Å². The normalized spacial score (nSPS) is 14.0. The molecule has 0 saturated heterocycles. The third-order valence-corrected chi connectivity index (χ3v) is 5.13. The van der Waals surface area contributed by atoms with Crippen LogP contribution in [0.4, 0.5) is 19.3 Å². The van der Waals surface area contributed by atoms with Gasteiger partial charge in [-0.1, -0.05) is 18.2 Å². The summed E-state index contributed by atoms with van der Waals surface area (Å²) in [7, 11) is 1.49. The molecule has 0 saturated carbocycles. The molecule has 0 bridgehead atoms. The van der Waals surface area contributed by atoms with E-state index >= 15 is 0 Å². The Balaban J connectivity index is 0.00000342. The van der Waals surface area contributed by atoms with E-state index in [0.717, 1.165) is 12.1 Å². The zero-order valence-corrected chi connectivity index (χ0v) is 19.4. The molecular weight excluding hydrogens is 484 g/mol. The van der Waals surface area contributed by atoms with Crippen LogP contribution < -0.4 is 20.1 Å². The predicted molar refractivity (Wildman–Crippen MR) is 125 cm³/mol. The van der Waals surface area contributed by atoms with Gasteiger partial charge in [-0.15, -0.1) is 12.4 Å². The lowest BCUT2D eigenvalue weighted by atomic mass is 9.97. The Morgan fingerprint density at radius 2 is 1.91 bits per heavy atom. The van der Waals surface area contributed by atoms with Crippen LogP contribution in [0, 0.1) is 11.6 Å². The van der Waals surface area contributed by atoms with Gasteiger partial charge >= 0.3 is 6.09 Å². The number of nitrogens with one attached hydrogen (secondary N) is 2. The third kappa shape index (κ3) is 6.15. The standard InChI is InChI=1S/C24H21F2N3O5.ClH/c1-32-21-7-2-4-15(27-21)13-34-24(31)29-20-10-11-33-22-16(20)5-3-6-17(22)23(30)28-14-8-9-18(25)19(26)12-14;/h2-9,12,20H,10-11,13H2,1H3,(H,28,30)(H,29,31);1H/t20-;/m0./s1. The van der Waals surface area contributed by atoms with E-state index in [1.54, 1.807) is 36.4 Å². The van der Waals surface area contributed by atoms with Crippen molar-refractivity contribution in [1.29, 1.82) is 0 Å². The molecule has 2 aromatic carbocycles. The number of nitrogens with zero attached hydrogens (tertiary/aromatic N) is 1. The number of fused-ring (bicyclic) bond motifs is 1. The molecule has 0 unspecified atom stereocenters. The lowest BCUT2D eigenvalue weighted by Crippen LogP contribution is -2.33. The van der Waals surface area contributed by atoms with E-state index in [1.165, 1.54) is 13.2 Å². The first-order valence-electron chi connectivity index (χ1n) is 10.4. The Hall–Kier alpha value is -3.92. The molecule has 1 aromatic heterocycles. The molecule has 2 N–H and O–H groups in total. The quantitative estimate of drug-likeness (QED) is 0.499. The number of aromatic nitrogens is 1. The molecule has 3 aromatic rings. The second kappa shape index (κ2) is 11.5. The summed E-state index contributed by atoms with van der Waals surface area (Å²) in [6.07, 6.45) is -0.188. The maximum absolute atomic E-state index is 13.5. The van der Waals surface area contributed by atoms with Gasteiger partial charge in [-0.05, 0) is 24.3 Å². The van der Waals surface area contributed by atoms with Gasteiger partial charge in [0, 0.05) is 29.8 Å². The molecular formula is C24H22ClF2N3O5. The fourth-order valence-corrected chi connectivity index (χ4v) is 3.50. The number of halogens is 3. The number of alkyl carbamates (subject to hydrolysis) is 1. The SMILES string of the molecule is COc1cccc(COC(=O)N[C@H]2CCOc3c(C(=O)Nc4ccc(F)c(F)c4)cccc32)n1.Cl. The van der Waals surface area contributed by atoms with Gasteiger partial charge in [0.05, 0.1) is 31.0 Å². The van der Waals surface area contributed by atoms with Crippen molar-refractivity contribution in [1.82, 2.24) is 10.3 Å². The maximum atomic E-state index is 13.5. The molecule has 11 heteroatoms. The molecule has 4 rings (SSSR count). The number of anilines is 1. The minimum absolute atomic E-state index is 0. The molecule has 0 radical (unpaired) electrons. The van der Waals surface area contributed by atoms with E-state index in [4.69, 9.17) is 14.2 Å². The van der Waals surface area contributed by atoms with Crippen LogP contribution in [0.3, 0.4) is 0 Å². The van der Waals surface area contributed by atoms with Crippen molar-refractivity contribution in [3.8, 4) is 11.6 Å². The average Bonchev–Trinajstić information content (AvgIpc) is 2.85. The molecule has 2 amide bonds. The van der Waals surface area contributed by atoms with E-state index in [0.29, 0.717) is 29.3 Å². The van der Waals surface area contributed by atoms with E-state index in [1.807, 2.05) is 0 Å². The Morgan fingerprint density at radius 3 is 2.69 bits per heavy atom. The number of amides is 2. The largest absolute Gasteiger partial charge is 0.492 e. The number of carbonyl (C=O) groups excluding carboxylic acids is 2. The molecule has 0 aliphatic carbocycles. The number of hydrogen-bond donors (Lipinski definition) is 2. The van der Waals surface area contributed by atoms with Gasteiger partial charge in [-0.3, -0.25) is 4.79 Å². The van der Waals surface area contributed by atoms with Crippen molar-refractivity contribution in [2.45, 2.75) is 19.1 Å². The van der Waals surface area contributed by atoms with Crippen molar-refractivity contribution < 1.29 is 32.6 Å². The summed E-state index contributed by atoms with van der Waals surface area (Å²) in [5, 5.41) is 5.31. The minimum Gasteiger partial charge on any atom is -0.492 e. The average molecular weight is 506 g/mol. The number of para-hydroxylation sites is 1. The van der Waals surface area contributed by atoms with Crippen molar-refractivity contribution >= 4 is 30.1 Å². The summed E-state index contributed by atoms with van der Waals surface area (Å²) < 4.78 is 42.7. The van der Waals surface area contributed by atoms with Crippen LogP contribution in [-0.2, 0) is 11.3 Å². The van der Waals surface area contributed by atoms with Gasteiger partial charge in [-0.2, -0.15) is 0 Å². The predicted octanol–water partition coefficient (Wildman–Crippen LogP) is 4.79. The minimum atomic E-state index is -1.07. The first-order valence-corrected chi connectivity index (χ1v) is 10.4. The highest BCUT2D eigenvalue weighted by Gasteiger charge is 2.27. The molecule has 1 aliphatic heterocycles. The fraction of sp³-hybridized carbons (Fsp3) is 0.208. The van der Waals surface area contributed by atoms with Crippen LogP contribution in [0.5, 0.6) is 11.6 Å². The molecule has 0 fully saturated rings. The Kier molecular flexibility index (Phi) is 8.43. The monoisotopic (exact) mass is 505 g/mol. The zero-order chi connectivity index (χ0) is 24.1. The number of rotatable bonds is 6. The van der Waals surface area contributed by atoms with Gasteiger partial charge in [0.15, 0.2) is 11.6 Å². The molecule has 1 aliphatic rings. The Labute approximate surface area is 206 Å². The van der Waals surface area contributed by atoms with Crippen molar-refractivity contribution in [3.05, 3.63) is 83.1 Å². The summed E-state index contributed by atoms with van der Waals surface area (Å²) in [5.74, 6) is -1.93. The summed E-state index contributed by atoms with van der Waals surface area (Å²) in [6, 6.07) is 12.7. The first kappa shape index (κ1) is 25.7. The van der Waals surface area contributed by atoms with Crippen molar-refractivity contribution in [2.75, 3.05) is 19.0 Å². The summed E-state index contributed by atoms with van der Waals surface area (Å²) >= 11 is 0. The molecule has 2 heterocycles. The second-order valence-corrected chi connectivity index (χ2v) is 7.39. The van der Waals surface area contributed by atoms with Crippen molar-refractivity contribution in [2.24, 2.45) is 0 Å². The maximum Gasteiger partial charge on any atom is 0.408 e. The number of ether oxygens (including phenoxy) is 3. The number of methoxy groups -OCH3 is 1. The fourth-order valence-electron chi connectivity index (χ4n) is 3.50. The summed E-state index contributed by atoms with van der Waals surface area (Å²) in [4.78, 5) is 29.4. The summed E-state index contributed by atoms with van der Waals surface area (Å²) in [5.41, 5.74) is 1.42. The van der Waals surface area contributed by atoms with E-state index in [2.05, 4.69) is 15.6 Å². The van der Waals surface area contributed by atoms with Crippen LogP contribution >= 0.6 is 12.4 Å². The van der Waals surface area contributed by atoms with Crippen LogP contribution in [0.2, 0.25) is 0 Å². The second-order valence-electron chi connectivity index (χ2n) is 7.39. The topological polar surface area (TPSA) is 98.8 Å². The van der Waals surface area contributed by atoms with Gasteiger partial charge < -0.3 is 24.8 Å². The van der Waals surface area contributed by atoms with Crippen LogP contribution in [-0.4, -0.2) is 30.7 Å². The lowest BCUT2D eigenvalue weighted by Gasteiger charge is -2.27. The number of hydrogen-bond acceptors (Lipinski definition) is 6. The van der Waals surface area contributed by atoms with Gasteiger partial charge in [0.1, 0.15) is 12.4 Å². The summed E-state index contributed by atoms with van der Waals surface area (Å²) in [6.45, 7) is 0.209. The molecule has 35 heavy (non-hydrogen) atoms. The molecule has 8 nitrogen and oxygen atoms in total. The Morgan fingerprint density at radius 1 is 1.11 bits per heavy atom. The van der Waals surface area contributed by atoms with E-state index in [-0.39, 0.29) is 36.9 Å². The molecule has 1 atom stereocenters. The van der Waals surface area contributed by atoms with E-state index in [9.17, 15) is 18.4 Å². The van der Waals surface area contributed by atoms with E-state index < -0.39 is 29.7 Å². The van der Waals surface area contributed by atoms with Gasteiger partial charge in [-0.25, -0.2) is 18.6 Å². The third-order valence-electron chi connectivity index (χ3n) is 5.13. The highest BCUT2D eigenvalue weighted by Crippen LogP contribution is 2.35. The number of pyridine rings is 1. The molecule has 184 valence electrons. The number of carbonyl (C=O) groups is 2. The zero-order valence-electron chi connectivity index (χ0n) is 18.5. The van der Waals surface area contributed by atoms with Crippen LogP contribution in [0.1, 0.15) is 34.1 Å². The highest BCUT2D eigenvalue weighted by atomic mass is 35.5. The smallest absolute Gasteiger partial charge is 0.408 e. The van der Waals surface area contributed by atoms with Crippen LogP contribution in [0.15, 0.2) is 54.6 Å². The van der Waals surface area contributed by atoms with Gasteiger partial charge in [0.2, 0.25) is 5.88 Å². The van der Waals surface area contributed by atoms with Gasteiger partial charge in [0.25, 0.3) is 5.91 Å². The Bertz CT molecular complexity index is 1230. The van der Waals surface area contributed by atoms with Crippen molar-refractivity contribution in [3.63, 3.8) is 0 Å².